The number of aliphatic hydroxyl groups is 3. The van der Waals surface area contributed by atoms with Crippen LogP contribution in [0.3, 0.4) is 0 Å². The number of hydrogen-bond acceptors (Lipinski definition) is 9. The van der Waals surface area contributed by atoms with Crippen LogP contribution in [0, 0.1) is 17.8 Å². The lowest BCUT2D eigenvalue weighted by Gasteiger charge is -2.32. The average molecular weight is 581 g/mol. The van der Waals surface area contributed by atoms with Gasteiger partial charge in [-0.3, -0.25) is 9.59 Å². The van der Waals surface area contributed by atoms with Gasteiger partial charge in [-0.05, 0) is 44.8 Å². The van der Waals surface area contributed by atoms with Crippen LogP contribution in [0.1, 0.15) is 80.6 Å². The molecule has 0 saturated carbocycles. The van der Waals surface area contributed by atoms with E-state index >= 15 is 0 Å². The van der Waals surface area contributed by atoms with Crippen molar-refractivity contribution in [1.29, 1.82) is 0 Å². The maximum atomic E-state index is 12.7. The second-order valence-electron chi connectivity index (χ2n) is 11.9. The van der Waals surface area contributed by atoms with Gasteiger partial charge in [0.1, 0.15) is 23.9 Å². The van der Waals surface area contributed by atoms with Crippen LogP contribution in [-0.4, -0.2) is 82.7 Å². The molecular weight excluding hydrogens is 528 g/mol. The molecule has 234 valence electrons. The Morgan fingerprint density at radius 2 is 1.93 bits per heavy atom. The van der Waals surface area contributed by atoms with Gasteiger partial charge in [0.15, 0.2) is 0 Å². The van der Waals surface area contributed by atoms with Gasteiger partial charge in [0.05, 0.1) is 30.8 Å². The van der Waals surface area contributed by atoms with Crippen molar-refractivity contribution in [2.24, 2.45) is 17.8 Å². The molecule has 11 atom stereocenters. The Kier molecular flexibility index (Phi) is 13.7. The summed E-state index contributed by atoms with van der Waals surface area (Å²) in [4.78, 5) is 24.7. The van der Waals surface area contributed by atoms with Crippen LogP contribution in [0.2, 0.25) is 0 Å². The van der Waals surface area contributed by atoms with E-state index in [4.69, 9.17) is 18.9 Å². The zero-order valence-corrected chi connectivity index (χ0v) is 26.0. The summed E-state index contributed by atoms with van der Waals surface area (Å²) >= 11 is 0. The smallest absolute Gasteiger partial charge is 0.309 e. The van der Waals surface area contributed by atoms with Crippen LogP contribution in [0.5, 0.6) is 0 Å². The highest BCUT2D eigenvalue weighted by Gasteiger charge is 2.50. The number of hydrogen-bond donors (Lipinski definition) is 3. The Balaban J connectivity index is 2.18. The van der Waals surface area contributed by atoms with E-state index in [1.165, 1.54) is 0 Å². The van der Waals surface area contributed by atoms with Crippen molar-refractivity contribution in [1.82, 2.24) is 0 Å². The number of methoxy groups -OCH3 is 1. The fourth-order valence-corrected chi connectivity index (χ4v) is 5.36. The van der Waals surface area contributed by atoms with Crippen LogP contribution in [0.25, 0.3) is 0 Å². The molecule has 0 bridgehead atoms. The van der Waals surface area contributed by atoms with Crippen molar-refractivity contribution >= 4 is 11.9 Å². The molecule has 2 heterocycles. The monoisotopic (exact) mass is 580 g/mol. The van der Waals surface area contributed by atoms with Gasteiger partial charge >= 0.3 is 11.9 Å². The molecule has 9 heteroatoms. The minimum absolute atomic E-state index is 0.0390. The molecule has 2 aliphatic rings. The molecule has 0 radical (unpaired) electrons. The van der Waals surface area contributed by atoms with Gasteiger partial charge in [0, 0.05) is 31.3 Å². The molecule has 1 fully saturated rings. The highest BCUT2D eigenvalue weighted by atomic mass is 16.6. The summed E-state index contributed by atoms with van der Waals surface area (Å²) in [5.74, 6) is -1.30. The molecule has 41 heavy (non-hydrogen) atoms. The van der Waals surface area contributed by atoms with Gasteiger partial charge in [-0.25, -0.2) is 0 Å². The zero-order chi connectivity index (χ0) is 30.9. The molecule has 0 aromatic heterocycles. The number of carbonyl (C=O) groups excluding carboxylic acids is 2. The van der Waals surface area contributed by atoms with Gasteiger partial charge in [-0.1, -0.05) is 58.9 Å². The van der Waals surface area contributed by atoms with Crippen molar-refractivity contribution in [2.45, 2.75) is 129 Å². The zero-order valence-electron chi connectivity index (χ0n) is 26.0. The first-order chi connectivity index (χ1) is 19.2. The van der Waals surface area contributed by atoms with Crippen molar-refractivity contribution in [3.63, 3.8) is 0 Å². The third kappa shape index (κ3) is 10.3. The maximum absolute atomic E-state index is 12.7. The summed E-state index contributed by atoms with van der Waals surface area (Å²) in [5, 5.41) is 32.3. The molecule has 11 unspecified atom stereocenters. The van der Waals surface area contributed by atoms with Crippen molar-refractivity contribution < 1.29 is 43.9 Å². The van der Waals surface area contributed by atoms with Gasteiger partial charge in [0.2, 0.25) is 0 Å². The summed E-state index contributed by atoms with van der Waals surface area (Å²) in [6.07, 6.45) is 6.65. The number of epoxide rings is 1. The van der Waals surface area contributed by atoms with E-state index in [0.717, 1.165) is 12.0 Å². The molecule has 0 spiro atoms. The summed E-state index contributed by atoms with van der Waals surface area (Å²) < 4.78 is 22.6. The van der Waals surface area contributed by atoms with E-state index in [1.54, 1.807) is 33.1 Å². The van der Waals surface area contributed by atoms with E-state index < -0.39 is 42.0 Å². The molecule has 2 aliphatic heterocycles. The fourth-order valence-electron chi connectivity index (χ4n) is 5.36. The first-order valence-electron chi connectivity index (χ1n) is 14.9. The Hall–Kier alpha value is -2.04. The van der Waals surface area contributed by atoms with Crippen LogP contribution in [0.4, 0.5) is 0 Å². The molecule has 0 amide bonds. The molecule has 2 rings (SSSR count). The molecule has 1 saturated heterocycles. The second kappa shape index (κ2) is 16.0. The van der Waals surface area contributed by atoms with E-state index in [-0.39, 0.29) is 61.7 Å². The third-order valence-corrected chi connectivity index (χ3v) is 8.34. The average Bonchev–Trinajstić information content (AvgIpc) is 3.73. The Morgan fingerprint density at radius 1 is 1.24 bits per heavy atom. The number of allylic oxidation sites excluding steroid dienone is 2. The van der Waals surface area contributed by atoms with Crippen LogP contribution in [-0.2, 0) is 28.5 Å². The van der Waals surface area contributed by atoms with Gasteiger partial charge < -0.3 is 34.3 Å². The van der Waals surface area contributed by atoms with Gasteiger partial charge in [-0.2, -0.15) is 0 Å². The standard InChI is InChI=1S/C32H52O9/c1-9-24(38-8)22(6)30-31(41-30)28(36)19(3)12-11-13-20(4)29-21(5)14-15-25(39-26(34)10-2)32(7,37)17-16-23(33)18-27(35)40-29/h11-15,19,21-25,28-31,33,36-37H,9-10,16-18H2,1-8H3/b12-11+,15-14+,20-13+. The van der Waals surface area contributed by atoms with E-state index in [9.17, 15) is 24.9 Å². The number of aliphatic hydroxyl groups excluding tert-OH is 2. The molecule has 0 aromatic rings. The maximum Gasteiger partial charge on any atom is 0.309 e. The van der Waals surface area contributed by atoms with E-state index in [2.05, 4.69) is 13.8 Å². The Morgan fingerprint density at radius 3 is 2.54 bits per heavy atom. The Labute approximate surface area is 245 Å². The van der Waals surface area contributed by atoms with E-state index in [0.29, 0.717) is 0 Å². The normalized spacial score (nSPS) is 35.4. The lowest BCUT2D eigenvalue weighted by Crippen LogP contribution is -2.42. The van der Waals surface area contributed by atoms with Crippen LogP contribution < -0.4 is 0 Å². The number of ether oxygens (including phenoxy) is 4. The van der Waals surface area contributed by atoms with Crippen molar-refractivity contribution in [2.75, 3.05) is 7.11 Å². The predicted molar refractivity (Wildman–Crippen MR) is 156 cm³/mol. The summed E-state index contributed by atoms with van der Waals surface area (Å²) in [5.41, 5.74) is -0.664. The minimum atomic E-state index is -1.42. The van der Waals surface area contributed by atoms with E-state index in [1.807, 2.05) is 39.0 Å². The molecule has 3 N–H and O–H groups in total. The number of cyclic esters (lactones) is 1. The van der Waals surface area contributed by atoms with Crippen molar-refractivity contribution in [3.05, 3.63) is 36.0 Å². The fraction of sp³-hybridized carbons (Fsp3) is 0.750. The van der Waals surface area contributed by atoms with Crippen LogP contribution in [0.15, 0.2) is 36.0 Å². The van der Waals surface area contributed by atoms with Gasteiger partial charge in [-0.15, -0.1) is 0 Å². The first kappa shape index (κ1) is 35.2. The lowest BCUT2D eigenvalue weighted by atomic mass is 9.88. The molecular formula is C32H52O9. The number of rotatable bonds is 11. The molecule has 0 aliphatic carbocycles. The third-order valence-electron chi connectivity index (χ3n) is 8.34. The summed E-state index contributed by atoms with van der Waals surface area (Å²) in [6.45, 7) is 13.0. The first-order valence-corrected chi connectivity index (χ1v) is 14.9. The van der Waals surface area contributed by atoms with Crippen LogP contribution >= 0.6 is 0 Å². The summed E-state index contributed by atoms with van der Waals surface area (Å²) in [7, 11) is 1.69. The number of carbonyl (C=O) groups is 2. The lowest BCUT2D eigenvalue weighted by molar-refractivity contribution is -0.159. The SMILES string of the molecule is CCC(=O)OC1/C=C/C(C)C(/C(C)=C/C=C/C(C)C(O)C2OC2C(C)C(CC)OC)OC(=O)CC(O)CCC1(C)O. The molecule has 0 aromatic carbocycles. The predicted octanol–water partition coefficient (Wildman–Crippen LogP) is 4.04. The number of esters is 2. The quantitative estimate of drug-likeness (QED) is 0.143. The Bertz CT molecular complexity index is 935. The molecule has 9 nitrogen and oxygen atoms in total. The highest BCUT2D eigenvalue weighted by molar-refractivity contribution is 5.70. The second-order valence-corrected chi connectivity index (χ2v) is 11.9. The van der Waals surface area contributed by atoms with Crippen molar-refractivity contribution in [3.8, 4) is 0 Å². The highest BCUT2D eigenvalue weighted by Crippen LogP contribution is 2.37. The minimum Gasteiger partial charge on any atom is -0.457 e. The largest absolute Gasteiger partial charge is 0.457 e. The van der Waals surface area contributed by atoms with Gasteiger partial charge in [0.25, 0.3) is 0 Å². The topological polar surface area (TPSA) is 135 Å². The summed E-state index contributed by atoms with van der Waals surface area (Å²) in [6, 6.07) is 0.